The first-order chi connectivity index (χ1) is 10.7. The van der Waals surface area contributed by atoms with Crippen molar-refractivity contribution in [2.24, 2.45) is 0 Å². The van der Waals surface area contributed by atoms with Crippen LogP contribution in [0.5, 0.6) is 0 Å². The normalized spacial score (nSPS) is 19.0. The van der Waals surface area contributed by atoms with Gasteiger partial charge in [0, 0.05) is 31.6 Å². The summed E-state index contributed by atoms with van der Waals surface area (Å²) in [6.45, 7) is 0.646. The maximum Gasteiger partial charge on any atom is 0.225 e. The van der Waals surface area contributed by atoms with Gasteiger partial charge in [-0.25, -0.2) is 0 Å². The van der Waals surface area contributed by atoms with E-state index in [9.17, 15) is 4.79 Å². The molecule has 1 atom stereocenters. The monoisotopic (exact) mass is 291 g/mol. The number of Topliss-reactive ketones (excluding diaryl/α,β-unsaturated/α-hetero) is 1. The lowest BCUT2D eigenvalue weighted by molar-refractivity contribution is 0.101. The van der Waals surface area contributed by atoms with Gasteiger partial charge in [0.2, 0.25) is 5.78 Å². The summed E-state index contributed by atoms with van der Waals surface area (Å²) in [6, 6.07) is 10.2. The molecule has 22 heavy (non-hydrogen) atoms. The van der Waals surface area contributed by atoms with Crippen LogP contribution >= 0.6 is 0 Å². The van der Waals surface area contributed by atoms with E-state index in [-0.39, 0.29) is 11.8 Å². The summed E-state index contributed by atoms with van der Waals surface area (Å²) in [4.78, 5) is 17.9. The first kappa shape index (κ1) is 13.0. The van der Waals surface area contributed by atoms with Crippen LogP contribution in [0, 0.1) is 0 Å². The fourth-order valence-electron chi connectivity index (χ4n) is 3.09. The molecule has 0 saturated heterocycles. The van der Waals surface area contributed by atoms with Crippen molar-refractivity contribution in [1.29, 1.82) is 0 Å². The molecule has 4 rings (SSSR count). The van der Waals surface area contributed by atoms with E-state index in [2.05, 4.69) is 27.3 Å². The van der Waals surface area contributed by atoms with Gasteiger partial charge >= 0.3 is 0 Å². The minimum atomic E-state index is 0.0390. The molecule has 1 aromatic carbocycles. The maximum absolute atomic E-state index is 12.6. The second kappa shape index (κ2) is 4.91. The van der Waals surface area contributed by atoms with Crippen LogP contribution in [0.1, 0.15) is 33.2 Å². The molecule has 2 aromatic rings. The number of rotatable bonds is 3. The molecule has 0 spiro atoms. The SMILES string of the molecule is CN1C=Cc2c[nH]c3c2C1C=C(NCc1ccccc1)C3=O. The number of allylic oxidation sites excluding steroid dienone is 1. The lowest BCUT2D eigenvalue weighted by Crippen LogP contribution is -2.31. The molecule has 2 heterocycles. The second-order valence-corrected chi connectivity index (χ2v) is 5.71. The molecule has 0 fully saturated rings. The van der Waals surface area contributed by atoms with Crippen molar-refractivity contribution in [3.05, 3.63) is 76.9 Å². The van der Waals surface area contributed by atoms with Crippen molar-refractivity contribution in [3.63, 3.8) is 0 Å². The summed E-state index contributed by atoms with van der Waals surface area (Å²) in [7, 11) is 2.03. The molecule has 0 amide bonds. The van der Waals surface area contributed by atoms with Crippen LogP contribution in [-0.4, -0.2) is 22.7 Å². The van der Waals surface area contributed by atoms with Gasteiger partial charge in [0.05, 0.1) is 17.4 Å². The van der Waals surface area contributed by atoms with Gasteiger partial charge in [0.1, 0.15) is 0 Å². The Kier molecular flexibility index (Phi) is 2.89. The molecule has 0 saturated carbocycles. The van der Waals surface area contributed by atoms with Gasteiger partial charge in [-0.15, -0.1) is 0 Å². The van der Waals surface area contributed by atoms with E-state index in [0.29, 0.717) is 17.9 Å². The van der Waals surface area contributed by atoms with Crippen molar-refractivity contribution >= 4 is 11.9 Å². The molecule has 2 aliphatic rings. The molecule has 4 nitrogen and oxygen atoms in total. The molecular weight excluding hydrogens is 274 g/mol. The molecule has 2 N–H and O–H groups in total. The van der Waals surface area contributed by atoms with Gasteiger partial charge in [-0.3, -0.25) is 4.79 Å². The highest BCUT2D eigenvalue weighted by Crippen LogP contribution is 2.37. The fraction of sp³-hybridized carbons (Fsp3) is 0.167. The number of aromatic amines is 1. The Hall–Kier alpha value is -2.75. The van der Waals surface area contributed by atoms with E-state index in [4.69, 9.17) is 0 Å². The molecule has 110 valence electrons. The molecule has 0 bridgehead atoms. The average molecular weight is 291 g/mol. The summed E-state index contributed by atoms with van der Waals surface area (Å²) in [5, 5.41) is 3.29. The van der Waals surface area contributed by atoms with Gasteiger partial charge in [-0.1, -0.05) is 30.3 Å². The van der Waals surface area contributed by atoms with Gasteiger partial charge in [0.15, 0.2) is 0 Å². The molecular formula is C18H17N3O. The highest BCUT2D eigenvalue weighted by Gasteiger charge is 2.33. The molecule has 1 unspecified atom stereocenters. The topological polar surface area (TPSA) is 48.1 Å². The Morgan fingerprint density at radius 3 is 2.91 bits per heavy atom. The molecule has 4 heteroatoms. The number of nitrogens with zero attached hydrogens (tertiary/aromatic N) is 1. The number of carbonyl (C=O) groups excluding carboxylic acids is 1. The molecule has 1 aliphatic carbocycles. The third-order valence-electron chi connectivity index (χ3n) is 4.30. The largest absolute Gasteiger partial charge is 0.378 e. The first-order valence-corrected chi connectivity index (χ1v) is 7.40. The van der Waals surface area contributed by atoms with Crippen LogP contribution in [0.25, 0.3) is 6.08 Å². The van der Waals surface area contributed by atoms with Gasteiger partial charge in [-0.05, 0) is 23.3 Å². The third kappa shape index (κ3) is 1.96. The highest BCUT2D eigenvalue weighted by atomic mass is 16.1. The summed E-state index contributed by atoms with van der Waals surface area (Å²) >= 11 is 0. The average Bonchev–Trinajstić information content (AvgIpc) is 2.98. The lowest BCUT2D eigenvalue weighted by atomic mass is 9.90. The number of benzene rings is 1. The first-order valence-electron chi connectivity index (χ1n) is 7.40. The summed E-state index contributed by atoms with van der Waals surface area (Å²) in [5.74, 6) is 0.0390. The number of ketones is 1. The second-order valence-electron chi connectivity index (χ2n) is 5.71. The number of hydrogen-bond acceptors (Lipinski definition) is 3. The fourth-order valence-corrected chi connectivity index (χ4v) is 3.09. The van der Waals surface area contributed by atoms with E-state index < -0.39 is 0 Å². The third-order valence-corrected chi connectivity index (χ3v) is 4.30. The Morgan fingerprint density at radius 2 is 2.09 bits per heavy atom. The summed E-state index contributed by atoms with van der Waals surface area (Å²) < 4.78 is 0. The quantitative estimate of drug-likeness (QED) is 0.914. The molecule has 1 aliphatic heterocycles. The van der Waals surface area contributed by atoms with Gasteiger partial charge in [-0.2, -0.15) is 0 Å². The van der Waals surface area contributed by atoms with Crippen LogP contribution in [0.3, 0.4) is 0 Å². The predicted molar refractivity (Wildman–Crippen MR) is 86.0 cm³/mol. The van der Waals surface area contributed by atoms with Crippen LogP contribution in [0.15, 0.2) is 54.5 Å². The van der Waals surface area contributed by atoms with E-state index in [1.165, 1.54) is 0 Å². The molecule has 1 aromatic heterocycles. The highest BCUT2D eigenvalue weighted by molar-refractivity contribution is 6.10. The number of hydrogen-bond donors (Lipinski definition) is 2. The van der Waals surface area contributed by atoms with Crippen molar-refractivity contribution in [2.75, 3.05) is 7.05 Å². The summed E-state index contributed by atoms with van der Waals surface area (Å²) in [5.41, 5.74) is 4.71. The smallest absolute Gasteiger partial charge is 0.225 e. The summed E-state index contributed by atoms with van der Waals surface area (Å²) in [6.07, 6.45) is 8.02. The Morgan fingerprint density at radius 1 is 1.27 bits per heavy atom. The number of likely N-dealkylation sites (N-methyl/N-ethyl adjacent to an activating group) is 1. The maximum atomic E-state index is 12.6. The lowest BCUT2D eigenvalue weighted by Gasteiger charge is -2.32. The van der Waals surface area contributed by atoms with E-state index in [0.717, 1.165) is 16.7 Å². The van der Waals surface area contributed by atoms with Crippen molar-refractivity contribution in [1.82, 2.24) is 15.2 Å². The number of nitrogens with one attached hydrogen (secondary N) is 2. The number of carbonyl (C=O) groups is 1. The van der Waals surface area contributed by atoms with Crippen molar-refractivity contribution in [3.8, 4) is 0 Å². The van der Waals surface area contributed by atoms with Crippen molar-refractivity contribution in [2.45, 2.75) is 12.6 Å². The number of aromatic nitrogens is 1. The minimum absolute atomic E-state index is 0.0390. The zero-order chi connectivity index (χ0) is 15.1. The van der Waals surface area contributed by atoms with Crippen LogP contribution in [0.2, 0.25) is 0 Å². The Bertz CT molecular complexity index is 786. The van der Waals surface area contributed by atoms with E-state index in [1.54, 1.807) is 0 Å². The van der Waals surface area contributed by atoms with Crippen molar-refractivity contribution < 1.29 is 4.79 Å². The van der Waals surface area contributed by atoms with Gasteiger partial charge in [0.25, 0.3) is 0 Å². The molecule has 0 radical (unpaired) electrons. The van der Waals surface area contributed by atoms with E-state index >= 15 is 0 Å². The predicted octanol–water partition coefficient (Wildman–Crippen LogP) is 2.84. The van der Waals surface area contributed by atoms with Crippen LogP contribution < -0.4 is 5.32 Å². The zero-order valence-electron chi connectivity index (χ0n) is 12.3. The Balaban J connectivity index is 1.64. The standard InChI is InChI=1S/C18H17N3O/c1-21-8-7-13-11-20-17-16(13)15(21)9-14(18(17)22)19-10-12-5-3-2-4-6-12/h2-9,11,15,19-20H,10H2,1H3. The minimum Gasteiger partial charge on any atom is -0.378 e. The van der Waals surface area contributed by atoms with Crippen LogP contribution in [0.4, 0.5) is 0 Å². The Labute approximate surface area is 129 Å². The zero-order valence-corrected chi connectivity index (χ0v) is 12.3. The number of H-pyrrole nitrogens is 1. The van der Waals surface area contributed by atoms with E-state index in [1.807, 2.05) is 49.8 Å². The van der Waals surface area contributed by atoms with Gasteiger partial charge < -0.3 is 15.2 Å². The van der Waals surface area contributed by atoms with Crippen LogP contribution in [-0.2, 0) is 6.54 Å².